The molecule has 0 spiro atoms. The Labute approximate surface area is 124 Å². The number of amides is 1. The van der Waals surface area contributed by atoms with Gasteiger partial charge in [-0.25, -0.2) is 0 Å². The Bertz CT molecular complexity index is 474. The van der Waals surface area contributed by atoms with E-state index >= 15 is 0 Å². The largest absolute Gasteiger partial charge is 0.394 e. The van der Waals surface area contributed by atoms with Gasteiger partial charge in [-0.05, 0) is 35.0 Å². The van der Waals surface area contributed by atoms with Gasteiger partial charge in [0, 0.05) is 27.4 Å². The molecule has 1 fully saturated rings. The van der Waals surface area contributed by atoms with Crippen LogP contribution in [0.3, 0.4) is 0 Å². The monoisotopic (exact) mass is 345 g/mol. The second-order valence-electron chi connectivity index (χ2n) is 4.48. The van der Waals surface area contributed by atoms with Crippen molar-refractivity contribution in [2.75, 3.05) is 19.8 Å². The predicted octanol–water partition coefficient (Wildman–Crippen LogP) is 2.13. The zero-order valence-electron chi connectivity index (χ0n) is 10.6. The van der Waals surface area contributed by atoms with Gasteiger partial charge in [0.2, 0.25) is 5.91 Å². The predicted molar refractivity (Wildman–Crippen MR) is 79.1 cm³/mol. The first-order chi connectivity index (χ1) is 9.10. The molecule has 1 aromatic rings. The Kier molecular flexibility index (Phi) is 5.15. The molecule has 0 radical (unpaired) electrons. The molecule has 1 saturated heterocycles. The van der Waals surface area contributed by atoms with Crippen LogP contribution in [0.5, 0.6) is 0 Å². The summed E-state index contributed by atoms with van der Waals surface area (Å²) in [7, 11) is 0. The zero-order chi connectivity index (χ0) is 13.8. The van der Waals surface area contributed by atoms with Crippen LogP contribution < -0.4 is 0 Å². The van der Waals surface area contributed by atoms with Crippen LogP contribution in [0.1, 0.15) is 11.8 Å². The smallest absolute Gasteiger partial charge is 0.247 e. The molecular weight excluding hydrogens is 330 g/mol. The Morgan fingerprint density at radius 3 is 3.16 bits per heavy atom. The van der Waals surface area contributed by atoms with Gasteiger partial charge < -0.3 is 14.7 Å². The van der Waals surface area contributed by atoms with E-state index in [1.54, 1.807) is 22.3 Å². The van der Waals surface area contributed by atoms with E-state index in [-0.39, 0.29) is 24.7 Å². The van der Waals surface area contributed by atoms with Crippen LogP contribution in [0.15, 0.2) is 22.0 Å². The van der Waals surface area contributed by atoms with Crippen LogP contribution in [-0.2, 0) is 9.53 Å². The average molecular weight is 346 g/mol. The number of nitrogens with zero attached hydrogens (tertiary/aromatic N) is 1. The number of morpholine rings is 1. The van der Waals surface area contributed by atoms with E-state index in [1.807, 2.05) is 24.4 Å². The molecule has 4 nitrogen and oxygen atoms in total. The first-order valence-corrected chi connectivity index (χ1v) is 7.72. The van der Waals surface area contributed by atoms with E-state index < -0.39 is 0 Å². The summed E-state index contributed by atoms with van der Waals surface area (Å²) in [6.07, 6.45) is 3.12. The third kappa shape index (κ3) is 3.89. The summed E-state index contributed by atoms with van der Waals surface area (Å²) >= 11 is 4.95. The number of carbonyl (C=O) groups excluding carboxylic acids is 1. The van der Waals surface area contributed by atoms with Crippen molar-refractivity contribution >= 4 is 39.2 Å². The lowest BCUT2D eigenvalue weighted by molar-refractivity contribution is -0.140. The quantitative estimate of drug-likeness (QED) is 0.853. The Morgan fingerprint density at radius 2 is 2.53 bits per heavy atom. The maximum atomic E-state index is 12.1. The van der Waals surface area contributed by atoms with Gasteiger partial charge >= 0.3 is 0 Å². The maximum absolute atomic E-state index is 12.1. The van der Waals surface area contributed by atoms with Crippen LogP contribution in [0.4, 0.5) is 0 Å². The van der Waals surface area contributed by atoms with Gasteiger partial charge in [0.1, 0.15) is 0 Å². The number of ether oxygens (including phenoxy) is 1. The third-order valence-electron chi connectivity index (χ3n) is 2.97. The standard InChI is InChI=1S/C13H16BrNO3S/c1-9-7-18-11(6-16)5-15(9)13(17)3-2-12-4-10(14)8-19-12/h2-4,8-9,11,16H,5-7H2,1H3/b3-2+. The highest BCUT2D eigenvalue weighted by molar-refractivity contribution is 9.10. The van der Waals surface area contributed by atoms with E-state index in [0.717, 1.165) is 9.35 Å². The molecule has 1 aliphatic heterocycles. The van der Waals surface area contributed by atoms with Crippen molar-refractivity contribution in [2.45, 2.75) is 19.1 Å². The summed E-state index contributed by atoms with van der Waals surface area (Å²) < 4.78 is 6.43. The van der Waals surface area contributed by atoms with E-state index in [1.165, 1.54) is 0 Å². The van der Waals surface area contributed by atoms with Crippen molar-refractivity contribution in [1.82, 2.24) is 4.90 Å². The number of halogens is 1. The summed E-state index contributed by atoms with van der Waals surface area (Å²) in [5.41, 5.74) is 0. The summed E-state index contributed by atoms with van der Waals surface area (Å²) in [4.78, 5) is 14.9. The van der Waals surface area contributed by atoms with Crippen LogP contribution in [0, 0.1) is 0 Å². The number of rotatable bonds is 3. The Morgan fingerprint density at radius 1 is 1.74 bits per heavy atom. The fraction of sp³-hybridized carbons (Fsp3) is 0.462. The first kappa shape index (κ1) is 14.7. The molecule has 2 atom stereocenters. The minimum Gasteiger partial charge on any atom is -0.394 e. The van der Waals surface area contributed by atoms with Crippen molar-refractivity contribution in [3.05, 3.63) is 26.9 Å². The molecule has 0 saturated carbocycles. The number of aliphatic hydroxyl groups is 1. The molecule has 1 aliphatic rings. The Hall–Kier alpha value is -0.690. The highest BCUT2D eigenvalue weighted by atomic mass is 79.9. The van der Waals surface area contributed by atoms with Gasteiger partial charge in [-0.3, -0.25) is 4.79 Å². The molecule has 0 aliphatic carbocycles. The van der Waals surface area contributed by atoms with Gasteiger partial charge in [0.15, 0.2) is 0 Å². The van der Waals surface area contributed by atoms with E-state index in [4.69, 9.17) is 9.84 Å². The molecular formula is C13H16BrNO3S. The highest BCUT2D eigenvalue weighted by Gasteiger charge is 2.27. The fourth-order valence-electron chi connectivity index (χ4n) is 1.90. The van der Waals surface area contributed by atoms with Crippen LogP contribution in [0.25, 0.3) is 6.08 Å². The summed E-state index contributed by atoms with van der Waals surface area (Å²) in [6, 6.07) is 2.00. The van der Waals surface area contributed by atoms with Gasteiger partial charge in [-0.15, -0.1) is 11.3 Å². The second kappa shape index (κ2) is 6.65. The molecule has 1 aromatic heterocycles. The molecule has 1 N–H and O–H groups in total. The minimum atomic E-state index is -0.274. The zero-order valence-corrected chi connectivity index (χ0v) is 13.0. The average Bonchev–Trinajstić information content (AvgIpc) is 2.82. The van der Waals surface area contributed by atoms with Crippen molar-refractivity contribution < 1.29 is 14.6 Å². The maximum Gasteiger partial charge on any atom is 0.247 e. The van der Waals surface area contributed by atoms with Gasteiger partial charge in [-0.1, -0.05) is 0 Å². The first-order valence-electron chi connectivity index (χ1n) is 6.05. The van der Waals surface area contributed by atoms with Gasteiger partial charge in [-0.2, -0.15) is 0 Å². The second-order valence-corrected chi connectivity index (χ2v) is 6.34. The van der Waals surface area contributed by atoms with Crippen molar-refractivity contribution in [2.24, 2.45) is 0 Å². The molecule has 2 unspecified atom stereocenters. The Balaban J connectivity index is 2.00. The highest BCUT2D eigenvalue weighted by Crippen LogP contribution is 2.21. The lowest BCUT2D eigenvalue weighted by atomic mass is 10.2. The van der Waals surface area contributed by atoms with Crippen molar-refractivity contribution in [3.8, 4) is 0 Å². The lowest BCUT2D eigenvalue weighted by Crippen LogP contribution is -2.51. The molecule has 1 amide bonds. The number of aliphatic hydroxyl groups excluding tert-OH is 1. The molecule has 19 heavy (non-hydrogen) atoms. The summed E-state index contributed by atoms with van der Waals surface area (Å²) in [5, 5.41) is 11.1. The molecule has 0 aromatic carbocycles. The summed E-state index contributed by atoms with van der Waals surface area (Å²) in [6.45, 7) is 2.80. The van der Waals surface area contributed by atoms with Crippen molar-refractivity contribution in [1.29, 1.82) is 0 Å². The third-order valence-corrected chi connectivity index (χ3v) is 4.63. The van der Waals surface area contributed by atoms with E-state index in [9.17, 15) is 4.79 Å². The normalized spacial score (nSPS) is 24.1. The van der Waals surface area contributed by atoms with Crippen LogP contribution in [-0.4, -0.2) is 47.8 Å². The molecule has 2 heterocycles. The SMILES string of the molecule is CC1COC(CO)CN1C(=O)/C=C/c1cc(Br)cs1. The fourth-order valence-corrected chi connectivity index (χ4v) is 3.24. The lowest BCUT2D eigenvalue weighted by Gasteiger charge is -2.36. The van der Waals surface area contributed by atoms with E-state index in [2.05, 4.69) is 15.9 Å². The molecule has 2 rings (SSSR count). The summed E-state index contributed by atoms with van der Waals surface area (Å²) in [5.74, 6) is -0.0428. The van der Waals surface area contributed by atoms with Crippen LogP contribution in [0.2, 0.25) is 0 Å². The van der Waals surface area contributed by atoms with E-state index in [0.29, 0.717) is 13.2 Å². The number of thiophene rings is 1. The number of hydrogen-bond acceptors (Lipinski definition) is 4. The number of hydrogen-bond donors (Lipinski definition) is 1. The molecule has 6 heteroatoms. The topological polar surface area (TPSA) is 49.8 Å². The van der Waals surface area contributed by atoms with Crippen LogP contribution >= 0.6 is 27.3 Å². The number of carbonyl (C=O) groups is 1. The molecule has 0 bridgehead atoms. The minimum absolute atomic E-state index is 0.0371. The van der Waals surface area contributed by atoms with Gasteiger partial charge in [0.05, 0.1) is 25.4 Å². The van der Waals surface area contributed by atoms with Gasteiger partial charge in [0.25, 0.3) is 0 Å². The van der Waals surface area contributed by atoms with Crippen molar-refractivity contribution in [3.63, 3.8) is 0 Å². The molecule has 104 valence electrons.